The molecule has 86 valence electrons. The number of benzene rings is 1. The summed E-state index contributed by atoms with van der Waals surface area (Å²) in [7, 11) is 0. The van der Waals surface area contributed by atoms with Gasteiger partial charge < -0.3 is 15.5 Å². The first kappa shape index (κ1) is 12.4. The Labute approximate surface area is 96.5 Å². The van der Waals surface area contributed by atoms with Gasteiger partial charge in [0.05, 0.1) is 17.2 Å². The highest BCUT2D eigenvalue weighted by molar-refractivity contribution is 8.00. The third-order valence-corrected chi connectivity index (χ3v) is 2.55. The zero-order chi connectivity index (χ0) is 12.0. The van der Waals surface area contributed by atoms with Crippen LogP contribution in [0.15, 0.2) is 24.3 Å². The number of carbonyl (C=O) groups excluding carboxylic acids is 1. The van der Waals surface area contributed by atoms with Crippen molar-refractivity contribution in [3.8, 4) is 5.75 Å². The Morgan fingerprint density at radius 3 is 2.56 bits per heavy atom. The Balaban J connectivity index is 2.40. The van der Waals surface area contributed by atoms with Gasteiger partial charge >= 0.3 is 5.97 Å². The molecule has 0 atom stereocenters. The molecular formula is C10H11NO4S. The molecule has 16 heavy (non-hydrogen) atoms. The lowest BCUT2D eigenvalue weighted by Crippen LogP contribution is -2.15. The Hall–Kier alpha value is -1.69. The molecule has 1 rings (SSSR count). The van der Waals surface area contributed by atoms with Crippen LogP contribution in [0.2, 0.25) is 0 Å². The zero-order valence-electron chi connectivity index (χ0n) is 8.34. The quantitative estimate of drug-likeness (QED) is 0.673. The molecule has 0 heterocycles. The number of aliphatic carboxylic acids is 1. The van der Waals surface area contributed by atoms with Gasteiger partial charge in [0.2, 0.25) is 5.91 Å². The topological polar surface area (TPSA) is 86.6 Å². The number of phenolic OH excluding ortho intramolecular Hbond substituents is 1. The number of phenols is 1. The lowest BCUT2D eigenvalue weighted by molar-refractivity contribution is -0.133. The van der Waals surface area contributed by atoms with Gasteiger partial charge in [-0.3, -0.25) is 9.59 Å². The molecule has 0 fully saturated rings. The Morgan fingerprint density at radius 2 is 1.94 bits per heavy atom. The molecule has 0 unspecified atom stereocenters. The van der Waals surface area contributed by atoms with Crippen LogP contribution in [0.3, 0.4) is 0 Å². The van der Waals surface area contributed by atoms with Crippen molar-refractivity contribution in [1.82, 2.24) is 0 Å². The van der Waals surface area contributed by atoms with Gasteiger partial charge in [0.1, 0.15) is 5.75 Å². The molecule has 5 nitrogen and oxygen atoms in total. The summed E-state index contributed by atoms with van der Waals surface area (Å²) in [6, 6.07) is 6.35. The minimum absolute atomic E-state index is 0.0147. The lowest BCUT2D eigenvalue weighted by Gasteiger charge is -2.05. The number of carboxylic acid groups (broad SMARTS) is 1. The van der Waals surface area contributed by atoms with E-state index in [0.717, 1.165) is 11.8 Å². The highest BCUT2D eigenvalue weighted by Crippen LogP contribution is 2.21. The fraction of sp³-hybridized carbons (Fsp3) is 0.200. The van der Waals surface area contributed by atoms with Gasteiger partial charge in [-0.25, -0.2) is 0 Å². The molecule has 0 spiro atoms. The lowest BCUT2D eigenvalue weighted by atomic mass is 10.3. The highest BCUT2D eigenvalue weighted by Gasteiger charge is 2.06. The molecule has 0 aliphatic carbocycles. The standard InChI is InChI=1S/C10H11NO4S/c12-8-4-2-1-3-7(8)11-9(13)5-16-6-10(14)15/h1-4,12H,5-6H2,(H,11,13)(H,14,15). The second kappa shape index (κ2) is 6.02. The van der Waals surface area contributed by atoms with E-state index in [-0.39, 0.29) is 23.2 Å². The highest BCUT2D eigenvalue weighted by atomic mass is 32.2. The van der Waals surface area contributed by atoms with E-state index in [4.69, 9.17) is 5.11 Å². The third kappa shape index (κ3) is 4.22. The van der Waals surface area contributed by atoms with E-state index in [1.807, 2.05) is 0 Å². The summed E-state index contributed by atoms with van der Waals surface area (Å²) in [6.07, 6.45) is 0. The van der Waals surface area contributed by atoms with E-state index in [0.29, 0.717) is 5.69 Å². The normalized spacial score (nSPS) is 9.75. The van der Waals surface area contributed by atoms with Crippen molar-refractivity contribution in [2.24, 2.45) is 0 Å². The summed E-state index contributed by atoms with van der Waals surface area (Å²) in [5, 5.41) is 20.2. The maximum atomic E-state index is 11.3. The zero-order valence-corrected chi connectivity index (χ0v) is 9.16. The fourth-order valence-corrected chi connectivity index (χ4v) is 1.53. The van der Waals surface area contributed by atoms with Gasteiger partial charge in [-0.15, -0.1) is 11.8 Å². The maximum absolute atomic E-state index is 11.3. The Bertz CT molecular complexity index is 394. The number of carbonyl (C=O) groups is 2. The van der Waals surface area contributed by atoms with Crippen molar-refractivity contribution in [2.45, 2.75) is 0 Å². The molecule has 1 amide bonds. The van der Waals surface area contributed by atoms with Crippen molar-refractivity contribution >= 4 is 29.3 Å². The van der Waals surface area contributed by atoms with E-state index in [9.17, 15) is 14.7 Å². The van der Waals surface area contributed by atoms with Crippen LogP contribution in [0.5, 0.6) is 5.75 Å². The van der Waals surface area contributed by atoms with Crippen LogP contribution in [0.1, 0.15) is 0 Å². The number of carboxylic acids is 1. The van der Waals surface area contributed by atoms with Crippen LogP contribution in [0.25, 0.3) is 0 Å². The van der Waals surface area contributed by atoms with Crippen molar-refractivity contribution in [3.05, 3.63) is 24.3 Å². The van der Waals surface area contributed by atoms with Crippen LogP contribution < -0.4 is 5.32 Å². The van der Waals surface area contributed by atoms with Gasteiger partial charge in [0, 0.05) is 0 Å². The first-order chi connectivity index (χ1) is 7.59. The smallest absolute Gasteiger partial charge is 0.313 e. The predicted octanol–water partition coefficient (Wildman–Crippen LogP) is 1.15. The van der Waals surface area contributed by atoms with Gasteiger partial charge in [0.15, 0.2) is 0 Å². The molecule has 1 aromatic carbocycles. The average Bonchev–Trinajstić information content (AvgIpc) is 2.21. The van der Waals surface area contributed by atoms with Crippen LogP contribution in [-0.4, -0.2) is 33.6 Å². The molecule has 0 aromatic heterocycles. The minimum atomic E-state index is -0.958. The van der Waals surface area contributed by atoms with E-state index in [1.54, 1.807) is 18.2 Å². The molecule has 1 aromatic rings. The van der Waals surface area contributed by atoms with Crippen molar-refractivity contribution in [2.75, 3.05) is 16.8 Å². The molecule has 0 saturated heterocycles. The van der Waals surface area contributed by atoms with Crippen LogP contribution in [0, 0.1) is 0 Å². The summed E-state index contributed by atoms with van der Waals surface area (Å²) in [5.41, 5.74) is 0.323. The molecule has 3 N–H and O–H groups in total. The minimum Gasteiger partial charge on any atom is -0.506 e. The molecular weight excluding hydrogens is 230 g/mol. The second-order valence-electron chi connectivity index (χ2n) is 2.95. The van der Waals surface area contributed by atoms with E-state index < -0.39 is 5.97 Å². The largest absolute Gasteiger partial charge is 0.506 e. The number of amides is 1. The molecule has 0 bridgehead atoms. The third-order valence-electron chi connectivity index (χ3n) is 1.64. The number of anilines is 1. The summed E-state index contributed by atoms with van der Waals surface area (Å²) < 4.78 is 0. The van der Waals surface area contributed by atoms with Crippen molar-refractivity contribution in [1.29, 1.82) is 0 Å². The van der Waals surface area contributed by atoms with Crippen LogP contribution in [0.4, 0.5) is 5.69 Å². The summed E-state index contributed by atoms with van der Waals surface area (Å²) in [4.78, 5) is 21.5. The number of hydrogen-bond donors (Lipinski definition) is 3. The van der Waals surface area contributed by atoms with Gasteiger partial charge in [-0.1, -0.05) is 12.1 Å². The van der Waals surface area contributed by atoms with E-state index in [1.165, 1.54) is 6.07 Å². The van der Waals surface area contributed by atoms with Gasteiger partial charge in [-0.05, 0) is 12.1 Å². The average molecular weight is 241 g/mol. The van der Waals surface area contributed by atoms with E-state index in [2.05, 4.69) is 5.32 Å². The van der Waals surface area contributed by atoms with Gasteiger partial charge in [0.25, 0.3) is 0 Å². The molecule has 0 aliphatic rings. The molecule has 6 heteroatoms. The summed E-state index contributed by atoms with van der Waals surface area (Å²) in [5.74, 6) is -1.39. The number of thioether (sulfide) groups is 1. The Kier molecular flexibility index (Phi) is 4.65. The number of aromatic hydroxyl groups is 1. The van der Waals surface area contributed by atoms with E-state index >= 15 is 0 Å². The molecule has 0 saturated carbocycles. The number of nitrogens with one attached hydrogen (secondary N) is 1. The van der Waals surface area contributed by atoms with Gasteiger partial charge in [-0.2, -0.15) is 0 Å². The first-order valence-corrected chi connectivity index (χ1v) is 5.62. The van der Waals surface area contributed by atoms with Crippen LogP contribution in [-0.2, 0) is 9.59 Å². The second-order valence-corrected chi connectivity index (χ2v) is 3.94. The monoisotopic (exact) mass is 241 g/mol. The maximum Gasteiger partial charge on any atom is 0.313 e. The summed E-state index contributed by atoms with van der Waals surface area (Å²) >= 11 is 1.00. The van der Waals surface area contributed by atoms with Crippen LogP contribution >= 0.6 is 11.8 Å². The predicted molar refractivity (Wildman–Crippen MR) is 61.7 cm³/mol. The summed E-state index contributed by atoms with van der Waals surface area (Å²) in [6.45, 7) is 0. The molecule has 0 radical (unpaired) electrons. The van der Waals surface area contributed by atoms with Crippen molar-refractivity contribution < 1.29 is 19.8 Å². The number of hydrogen-bond acceptors (Lipinski definition) is 4. The fourth-order valence-electron chi connectivity index (χ4n) is 0.997. The number of para-hydroxylation sites is 2. The first-order valence-electron chi connectivity index (χ1n) is 4.47. The SMILES string of the molecule is O=C(O)CSCC(=O)Nc1ccccc1O. The molecule has 0 aliphatic heterocycles. The number of rotatable bonds is 5. The Morgan fingerprint density at radius 1 is 1.25 bits per heavy atom. The van der Waals surface area contributed by atoms with Crippen molar-refractivity contribution in [3.63, 3.8) is 0 Å².